The predicted molar refractivity (Wildman–Crippen MR) is 154 cm³/mol. The molecule has 4 rings (SSSR count). The third-order valence-corrected chi connectivity index (χ3v) is 7.83. The molecule has 1 atom stereocenters. The number of rotatable bonds is 9. The molecule has 0 aromatic heterocycles. The summed E-state index contributed by atoms with van der Waals surface area (Å²) in [5.41, 5.74) is 3.55. The third-order valence-electron chi connectivity index (χ3n) is 6.68. The molecule has 1 heterocycles. The molecule has 1 fully saturated rings. The number of hydrogen-bond donors (Lipinski definition) is 2. The molecule has 8 nitrogen and oxygen atoms in total. The summed E-state index contributed by atoms with van der Waals surface area (Å²) in [5.74, 6) is 0.985. The molecule has 9 heteroatoms. The highest BCUT2D eigenvalue weighted by atomic mass is 32.2. The Hall–Kier alpha value is -3.98. The van der Waals surface area contributed by atoms with Crippen LogP contribution in [0.3, 0.4) is 0 Å². The fourth-order valence-electron chi connectivity index (χ4n) is 4.55. The lowest BCUT2D eigenvalue weighted by atomic mass is 10.1. The van der Waals surface area contributed by atoms with E-state index >= 15 is 0 Å². The largest absolute Gasteiger partial charge is 0.495 e. The van der Waals surface area contributed by atoms with Crippen molar-refractivity contribution in [2.75, 3.05) is 37.2 Å². The molecular weight excluding hydrogens is 514 g/mol. The zero-order chi connectivity index (χ0) is 27.8. The van der Waals surface area contributed by atoms with E-state index in [2.05, 4.69) is 10.6 Å². The second kappa shape index (κ2) is 13.2. The maximum absolute atomic E-state index is 13.2. The van der Waals surface area contributed by atoms with E-state index in [0.29, 0.717) is 17.0 Å². The van der Waals surface area contributed by atoms with Gasteiger partial charge in [-0.2, -0.15) is 0 Å². The van der Waals surface area contributed by atoms with E-state index in [0.717, 1.165) is 46.8 Å². The van der Waals surface area contributed by atoms with Gasteiger partial charge >= 0.3 is 12.0 Å². The third kappa shape index (κ3) is 7.32. The van der Waals surface area contributed by atoms with Crippen molar-refractivity contribution in [3.05, 3.63) is 83.4 Å². The molecule has 3 amide bonds. The van der Waals surface area contributed by atoms with Crippen LogP contribution >= 0.6 is 11.8 Å². The van der Waals surface area contributed by atoms with Gasteiger partial charge in [-0.15, -0.1) is 11.8 Å². The average Bonchev–Trinajstić information content (AvgIpc) is 3.43. The fraction of sp³-hybridized carbons (Fsp3) is 0.300. The van der Waals surface area contributed by atoms with Crippen molar-refractivity contribution in [2.45, 2.75) is 37.1 Å². The van der Waals surface area contributed by atoms with Crippen LogP contribution in [0.4, 0.5) is 16.2 Å². The minimum Gasteiger partial charge on any atom is -0.495 e. The standard InChI is InChI=1S/C30H33N3O5S/c1-20-7-4-5-9-25(20)31-30(36)32-26-15-10-21(17-27(26)37-2)18-28(34)33-16-6-8-23(33)19-39-24-13-11-22(12-14-24)29(35)38-3/h4-5,7,9-15,17,23H,6,8,16,18-19H2,1-3H3,(H2,31,32,36)/t23-/m0/s1. The van der Waals surface area contributed by atoms with Gasteiger partial charge in [0.15, 0.2) is 0 Å². The molecule has 1 aliphatic heterocycles. The molecule has 3 aromatic carbocycles. The number of thioether (sulfide) groups is 1. The maximum atomic E-state index is 13.2. The molecule has 1 aliphatic rings. The number of hydrogen-bond acceptors (Lipinski definition) is 6. The number of methoxy groups -OCH3 is 2. The van der Waals surface area contributed by atoms with E-state index in [1.807, 2.05) is 54.3 Å². The van der Waals surface area contributed by atoms with Gasteiger partial charge in [-0.25, -0.2) is 9.59 Å². The predicted octanol–water partition coefficient (Wildman–Crippen LogP) is 5.76. The lowest BCUT2D eigenvalue weighted by Crippen LogP contribution is -2.38. The highest BCUT2D eigenvalue weighted by molar-refractivity contribution is 7.99. The minimum absolute atomic E-state index is 0.0687. The Balaban J connectivity index is 1.34. The Bertz CT molecular complexity index is 1330. The van der Waals surface area contributed by atoms with Gasteiger partial charge in [0, 0.05) is 28.9 Å². The van der Waals surface area contributed by atoms with E-state index < -0.39 is 0 Å². The number of para-hydroxylation sites is 1. The number of carbonyl (C=O) groups is 3. The van der Waals surface area contributed by atoms with Crippen LogP contribution in [0.5, 0.6) is 5.75 Å². The summed E-state index contributed by atoms with van der Waals surface area (Å²) < 4.78 is 10.3. The molecular formula is C30H33N3O5S. The number of carbonyl (C=O) groups excluding carboxylic acids is 3. The Morgan fingerprint density at radius 2 is 1.72 bits per heavy atom. The van der Waals surface area contributed by atoms with Crippen LogP contribution in [-0.2, 0) is 16.0 Å². The number of benzene rings is 3. The monoisotopic (exact) mass is 547 g/mol. The molecule has 0 bridgehead atoms. The molecule has 0 unspecified atom stereocenters. The molecule has 1 saturated heterocycles. The SMILES string of the molecule is COC(=O)c1ccc(SC[C@@H]2CCCN2C(=O)Cc2ccc(NC(=O)Nc3ccccc3C)c(OC)c2)cc1. The van der Waals surface area contributed by atoms with Gasteiger partial charge in [-0.3, -0.25) is 4.79 Å². The summed E-state index contributed by atoms with van der Waals surface area (Å²) in [4.78, 5) is 40.4. The normalized spacial score (nSPS) is 14.5. The zero-order valence-corrected chi connectivity index (χ0v) is 23.2. The van der Waals surface area contributed by atoms with Crippen LogP contribution in [0, 0.1) is 6.92 Å². The van der Waals surface area contributed by atoms with Crippen molar-refractivity contribution in [3.63, 3.8) is 0 Å². The number of anilines is 2. The lowest BCUT2D eigenvalue weighted by Gasteiger charge is -2.25. The molecule has 0 aliphatic carbocycles. The van der Waals surface area contributed by atoms with Crippen molar-refractivity contribution in [2.24, 2.45) is 0 Å². The van der Waals surface area contributed by atoms with E-state index in [4.69, 9.17) is 9.47 Å². The number of esters is 1. The van der Waals surface area contributed by atoms with Gasteiger partial charge in [-0.1, -0.05) is 24.3 Å². The Morgan fingerprint density at radius 3 is 2.44 bits per heavy atom. The Kier molecular flexibility index (Phi) is 9.49. The summed E-state index contributed by atoms with van der Waals surface area (Å²) in [6.07, 6.45) is 2.18. The second-order valence-corrected chi connectivity index (χ2v) is 10.4. The van der Waals surface area contributed by atoms with Gasteiger partial charge in [0.05, 0.1) is 31.9 Å². The zero-order valence-electron chi connectivity index (χ0n) is 22.4. The van der Waals surface area contributed by atoms with E-state index in [9.17, 15) is 14.4 Å². The molecule has 0 saturated carbocycles. The highest BCUT2D eigenvalue weighted by Gasteiger charge is 2.28. The van der Waals surface area contributed by atoms with Crippen molar-refractivity contribution in [1.29, 1.82) is 0 Å². The van der Waals surface area contributed by atoms with Gasteiger partial charge < -0.3 is 25.0 Å². The van der Waals surface area contributed by atoms with Crippen LogP contribution in [0.1, 0.15) is 34.3 Å². The van der Waals surface area contributed by atoms with Crippen LogP contribution in [0.2, 0.25) is 0 Å². The smallest absolute Gasteiger partial charge is 0.337 e. The fourth-order valence-corrected chi connectivity index (χ4v) is 5.61. The first-order valence-electron chi connectivity index (χ1n) is 12.8. The Labute approximate surface area is 233 Å². The van der Waals surface area contributed by atoms with Crippen molar-refractivity contribution in [1.82, 2.24) is 4.90 Å². The summed E-state index contributed by atoms with van der Waals surface area (Å²) >= 11 is 1.68. The molecule has 204 valence electrons. The van der Waals surface area contributed by atoms with Gasteiger partial charge in [0.1, 0.15) is 5.75 Å². The number of aryl methyl sites for hydroxylation is 1. The molecule has 0 radical (unpaired) electrons. The van der Waals surface area contributed by atoms with Crippen molar-refractivity contribution >= 4 is 41.0 Å². The van der Waals surface area contributed by atoms with Crippen LogP contribution in [0.15, 0.2) is 71.6 Å². The van der Waals surface area contributed by atoms with Crippen molar-refractivity contribution in [3.8, 4) is 5.75 Å². The maximum Gasteiger partial charge on any atom is 0.337 e. The first kappa shape index (κ1) is 28.0. The minimum atomic E-state index is -0.372. The molecule has 3 aromatic rings. The Morgan fingerprint density at radius 1 is 0.974 bits per heavy atom. The number of nitrogens with one attached hydrogen (secondary N) is 2. The van der Waals surface area contributed by atoms with Crippen LogP contribution in [0.25, 0.3) is 0 Å². The molecule has 39 heavy (non-hydrogen) atoms. The van der Waals surface area contributed by atoms with Crippen LogP contribution < -0.4 is 15.4 Å². The second-order valence-electron chi connectivity index (χ2n) is 9.32. The van der Waals surface area contributed by atoms with E-state index in [-0.39, 0.29) is 30.4 Å². The molecule has 0 spiro atoms. The summed E-state index contributed by atoms with van der Waals surface area (Å²) in [7, 11) is 2.90. The topological polar surface area (TPSA) is 97.0 Å². The first-order chi connectivity index (χ1) is 18.9. The lowest BCUT2D eigenvalue weighted by molar-refractivity contribution is -0.130. The summed E-state index contributed by atoms with van der Waals surface area (Å²) in [5, 5.41) is 5.67. The number of ether oxygens (including phenoxy) is 2. The number of amides is 3. The van der Waals surface area contributed by atoms with E-state index in [1.54, 1.807) is 36.0 Å². The van der Waals surface area contributed by atoms with Crippen LogP contribution in [-0.4, -0.2) is 55.4 Å². The summed E-state index contributed by atoms with van der Waals surface area (Å²) in [6, 6.07) is 20.0. The van der Waals surface area contributed by atoms with Crippen molar-refractivity contribution < 1.29 is 23.9 Å². The summed E-state index contributed by atoms with van der Waals surface area (Å²) in [6.45, 7) is 2.66. The average molecular weight is 548 g/mol. The van der Waals surface area contributed by atoms with Gasteiger partial charge in [0.25, 0.3) is 0 Å². The van der Waals surface area contributed by atoms with Gasteiger partial charge in [0.2, 0.25) is 5.91 Å². The van der Waals surface area contributed by atoms with E-state index in [1.165, 1.54) is 14.2 Å². The number of nitrogens with zero attached hydrogens (tertiary/aromatic N) is 1. The molecule has 2 N–H and O–H groups in total. The highest BCUT2D eigenvalue weighted by Crippen LogP contribution is 2.29. The quantitative estimate of drug-likeness (QED) is 0.261. The van der Waals surface area contributed by atoms with Gasteiger partial charge in [-0.05, 0) is 73.4 Å². The number of urea groups is 1. The number of likely N-dealkylation sites (tertiary alicyclic amines) is 1. The first-order valence-corrected chi connectivity index (χ1v) is 13.8.